The van der Waals surface area contributed by atoms with Gasteiger partial charge >= 0.3 is 0 Å². The second-order valence-corrected chi connectivity index (χ2v) is 8.17. The van der Waals surface area contributed by atoms with Gasteiger partial charge in [0.15, 0.2) is 11.5 Å². The van der Waals surface area contributed by atoms with E-state index in [0.29, 0.717) is 35.6 Å². The van der Waals surface area contributed by atoms with Gasteiger partial charge in [0.25, 0.3) is 0 Å². The molecule has 26 heavy (non-hydrogen) atoms. The molecule has 4 aliphatic rings. The van der Waals surface area contributed by atoms with Gasteiger partial charge in [-0.2, -0.15) is 0 Å². The maximum absolute atomic E-state index is 13.0. The smallest absolute Gasteiger partial charge is 0.223 e. The van der Waals surface area contributed by atoms with Crippen molar-refractivity contribution in [3.63, 3.8) is 0 Å². The van der Waals surface area contributed by atoms with Crippen molar-refractivity contribution < 1.29 is 19.0 Å². The zero-order valence-corrected chi connectivity index (χ0v) is 15.9. The maximum atomic E-state index is 13.0. The van der Waals surface area contributed by atoms with Crippen molar-refractivity contribution in [1.82, 2.24) is 5.32 Å². The SMILES string of the molecule is COc1ccc(CNC(=O)C2C3CC4CC(C3)CC2C4)c(OC)c1OC. The van der Waals surface area contributed by atoms with Crippen molar-refractivity contribution in [1.29, 1.82) is 0 Å². The number of carbonyl (C=O) groups is 1. The number of rotatable bonds is 6. The second-order valence-electron chi connectivity index (χ2n) is 8.17. The Morgan fingerprint density at radius 3 is 2.08 bits per heavy atom. The minimum atomic E-state index is 0.203. The fourth-order valence-electron chi connectivity index (χ4n) is 5.96. The van der Waals surface area contributed by atoms with Gasteiger partial charge in [-0.1, -0.05) is 0 Å². The van der Waals surface area contributed by atoms with Crippen molar-refractivity contribution in [3.8, 4) is 17.2 Å². The number of hydrogen-bond donors (Lipinski definition) is 1. The van der Waals surface area contributed by atoms with Gasteiger partial charge in [0.2, 0.25) is 11.7 Å². The predicted octanol–water partition coefficient (Wildman–Crippen LogP) is 3.40. The average molecular weight is 359 g/mol. The van der Waals surface area contributed by atoms with Crippen LogP contribution in [0.5, 0.6) is 17.2 Å². The molecular weight excluding hydrogens is 330 g/mol. The molecule has 4 saturated carbocycles. The van der Waals surface area contributed by atoms with Crippen molar-refractivity contribution in [2.45, 2.75) is 38.6 Å². The van der Waals surface area contributed by atoms with E-state index in [1.807, 2.05) is 12.1 Å². The molecule has 0 heterocycles. The van der Waals surface area contributed by atoms with Crippen molar-refractivity contribution >= 4 is 5.91 Å². The van der Waals surface area contributed by atoms with Gasteiger partial charge in [-0.3, -0.25) is 4.79 Å². The summed E-state index contributed by atoms with van der Waals surface area (Å²) in [6.07, 6.45) is 6.43. The second kappa shape index (κ2) is 7.01. The number of methoxy groups -OCH3 is 3. The van der Waals surface area contributed by atoms with Crippen LogP contribution in [0.3, 0.4) is 0 Å². The van der Waals surface area contributed by atoms with Gasteiger partial charge < -0.3 is 19.5 Å². The third-order valence-corrected chi connectivity index (χ3v) is 6.77. The summed E-state index contributed by atoms with van der Waals surface area (Å²) in [4.78, 5) is 13.0. The molecule has 4 fully saturated rings. The lowest BCUT2D eigenvalue weighted by atomic mass is 9.51. The Bertz CT molecular complexity index is 659. The van der Waals surface area contributed by atoms with Crippen LogP contribution >= 0.6 is 0 Å². The molecule has 0 atom stereocenters. The number of amides is 1. The molecule has 5 heteroatoms. The quantitative estimate of drug-likeness (QED) is 0.846. The molecule has 5 rings (SSSR count). The van der Waals surface area contributed by atoms with Crippen LogP contribution in [0, 0.1) is 29.6 Å². The fraction of sp³-hybridized carbons (Fsp3) is 0.667. The first kappa shape index (κ1) is 17.5. The molecule has 0 aromatic heterocycles. The molecule has 5 nitrogen and oxygen atoms in total. The van der Waals surface area contributed by atoms with Crippen LogP contribution in [-0.2, 0) is 11.3 Å². The van der Waals surface area contributed by atoms with Crippen LogP contribution in [-0.4, -0.2) is 27.2 Å². The van der Waals surface area contributed by atoms with Crippen LogP contribution in [0.15, 0.2) is 12.1 Å². The number of carbonyl (C=O) groups excluding carboxylic acids is 1. The summed E-state index contributed by atoms with van der Waals surface area (Å²) in [7, 11) is 4.81. The Kier molecular flexibility index (Phi) is 4.72. The molecule has 1 N–H and O–H groups in total. The molecule has 0 spiro atoms. The molecule has 4 bridgehead atoms. The Labute approximate surface area is 155 Å². The zero-order valence-electron chi connectivity index (χ0n) is 15.9. The third kappa shape index (κ3) is 2.91. The summed E-state index contributed by atoms with van der Waals surface area (Å²) in [5.74, 6) is 5.19. The summed E-state index contributed by atoms with van der Waals surface area (Å²) in [5, 5.41) is 3.18. The lowest BCUT2D eigenvalue weighted by molar-refractivity contribution is -0.138. The predicted molar refractivity (Wildman–Crippen MR) is 98.5 cm³/mol. The monoisotopic (exact) mass is 359 g/mol. The number of benzene rings is 1. The van der Waals surface area contributed by atoms with Gasteiger partial charge in [-0.05, 0) is 67.9 Å². The average Bonchev–Trinajstić information content (AvgIpc) is 2.64. The normalized spacial score (nSPS) is 31.6. The highest BCUT2D eigenvalue weighted by atomic mass is 16.5. The topological polar surface area (TPSA) is 56.8 Å². The highest BCUT2D eigenvalue weighted by Gasteiger charge is 2.50. The number of ether oxygens (including phenoxy) is 3. The molecular formula is C21H29NO4. The Balaban J connectivity index is 1.47. The Morgan fingerprint density at radius 2 is 1.54 bits per heavy atom. The molecule has 0 unspecified atom stereocenters. The molecule has 142 valence electrons. The highest BCUT2D eigenvalue weighted by Crippen LogP contribution is 2.56. The summed E-state index contributed by atoms with van der Waals surface area (Å²) in [6.45, 7) is 0.450. The van der Waals surface area contributed by atoms with Crippen LogP contribution in [0.4, 0.5) is 0 Å². The molecule has 4 aliphatic carbocycles. The van der Waals surface area contributed by atoms with E-state index < -0.39 is 0 Å². The van der Waals surface area contributed by atoms with Crippen molar-refractivity contribution in [3.05, 3.63) is 17.7 Å². The van der Waals surface area contributed by atoms with E-state index in [-0.39, 0.29) is 11.8 Å². The number of hydrogen-bond acceptors (Lipinski definition) is 4. The number of nitrogens with one attached hydrogen (secondary N) is 1. The lowest BCUT2D eigenvalue weighted by Gasteiger charge is -2.53. The van der Waals surface area contributed by atoms with Gasteiger partial charge in [0, 0.05) is 18.0 Å². The van der Waals surface area contributed by atoms with E-state index >= 15 is 0 Å². The minimum absolute atomic E-state index is 0.203. The van der Waals surface area contributed by atoms with E-state index in [1.54, 1.807) is 21.3 Å². The zero-order chi connectivity index (χ0) is 18.3. The van der Waals surface area contributed by atoms with Crippen LogP contribution in [0.1, 0.15) is 37.7 Å². The van der Waals surface area contributed by atoms with Crippen LogP contribution in [0.25, 0.3) is 0 Å². The Morgan fingerprint density at radius 1 is 0.923 bits per heavy atom. The van der Waals surface area contributed by atoms with Crippen LogP contribution < -0.4 is 19.5 Å². The van der Waals surface area contributed by atoms with E-state index in [2.05, 4.69) is 5.32 Å². The first-order chi connectivity index (χ1) is 12.6. The van der Waals surface area contributed by atoms with E-state index in [1.165, 1.54) is 32.1 Å². The van der Waals surface area contributed by atoms with Crippen molar-refractivity contribution in [2.24, 2.45) is 29.6 Å². The van der Waals surface area contributed by atoms with Crippen molar-refractivity contribution in [2.75, 3.05) is 21.3 Å². The van der Waals surface area contributed by atoms with E-state index in [9.17, 15) is 4.79 Å². The molecule has 1 aromatic carbocycles. The first-order valence-corrected chi connectivity index (χ1v) is 9.70. The largest absolute Gasteiger partial charge is 0.493 e. The molecule has 0 aliphatic heterocycles. The van der Waals surface area contributed by atoms with Gasteiger partial charge in [0.1, 0.15) is 0 Å². The summed E-state index contributed by atoms with van der Waals surface area (Å²) >= 11 is 0. The van der Waals surface area contributed by atoms with E-state index in [0.717, 1.165) is 17.4 Å². The molecule has 0 saturated heterocycles. The summed E-state index contributed by atoms with van der Waals surface area (Å²) < 4.78 is 16.3. The fourth-order valence-corrected chi connectivity index (χ4v) is 5.96. The first-order valence-electron chi connectivity index (χ1n) is 9.70. The summed E-state index contributed by atoms with van der Waals surface area (Å²) in [6, 6.07) is 3.78. The van der Waals surface area contributed by atoms with E-state index in [4.69, 9.17) is 14.2 Å². The van der Waals surface area contributed by atoms with Crippen LogP contribution in [0.2, 0.25) is 0 Å². The van der Waals surface area contributed by atoms with Gasteiger partial charge in [-0.25, -0.2) is 0 Å². The third-order valence-electron chi connectivity index (χ3n) is 6.77. The lowest BCUT2D eigenvalue weighted by Crippen LogP contribution is -2.50. The molecule has 1 amide bonds. The highest BCUT2D eigenvalue weighted by molar-refractivity contribution is 5.79. The van der Waals surface area contributed by atoms with Gasteiger partial charge in [-0.15, -0.1) is 0 Å². The maximum Gasteiger partial charge on any atom is 0.223 e. The summed E-state index contributed by atoms with van der Waals surface area (Å²) in [5.41, 5.74) is 0.905. The molecule has 1 aromatic rings. The van der Waals surface area contributed by atoms with Gasteiger partial charge in [0.05, 0.1) is 21.3 Å². The standard InChI is InChI=1S/C21H29NO4/c1-24-17-5-4-14(19(25-2)20(17)26-3)11-22-21(23)18-15-7-12-6-13(9-15)10-16(18)8-12/h4-5,12-13,15-16,18H,6-11H2,1-3H3,(H,22,23). The Hall–Kier alpha value is -1.91. The minimum Gasteiger partial charge on any atom is -0.493 e. The molecule has 0 radical (unpaired) electrons.